The van der Waals surface area contributed by atoms with Crippen LogP contribution >= 0.6 is 0 Å². The van der Waals surface area contributed by atoms with E-state index in [1.54, 1.807) is 0 Å². The lowest BCUT2D eigenvalue weighted by Gasteiger charge is -2.01. The van der Waals surface area contributed by atoms with Crippen molar-refractivity contribution in [3.8, 4) is 0 Å². The predicted molar refractivity (Wildman–Crippen MR) is 50.4 cm³/mol. The van der Waals surface area contributed by atoms with Crippen molar-refractivity contribution in [3.63, 3.8) is 0 Å². The van der Waals surface area contributed by atoms with E-state index in [1.807, 2.05) is 6.92 Å². The molecule has 0 aromatic heterocycles. The van der Waals surface area contributed by atoms with Gasteiger partial charge in [0.05, 0.1) is 0 Å². The summed E-state index contributed by atoms with van der Waals surface area (Å²) in [7, 11) is 0. The fourth-order valence-electron chi connectivity index (χ4n) is 0.639. The second-order valence-electron chi connectivity index (χ2n) is 2.80. The Kier molecular flexibility index (Phi) is 6.39. The topological polar surface area (TPSA) is 75.6 Å². The molecule has 0 heterocycles. The molecule has 0 spiro atoms. The van der Waals surface area contributed by atoms with Gasteiger partial charge in [0.25, 0.3) is 0 Å². The zero-order valence-corrected chi connectivity index (χ0v) is 8.37. The molecule has 14 heavy (non-hydrogen) atoms. The number of nitrogens with one attached hydrogen (secondary N) is 1. The van der Waals surface area contributed by atoms with Crippen molar-refractivity contribution in [2.75, 3.05) is 6.54 Å². The van der Waals surface area contributed by atoms with E-state index in [2.05, 4.69) is 10.3 Å². The van der Waals surface area contributed by atoms with Gasteiger partial charge in [0.1, 0.15) is 0 Å². The molecule has 0 aliphatic rings. The highest BCUT2D eigenvalue weighted by molar-refractivity contribution is 5.94. The lowest BCUT2D eigenvalue weighted by Crippen LogP contribution is -2.20. The van der Waals surface area contributed by atoms with Gasteiger partial charge in [-0.05, 0) is 13.3 Å². The Balaban J connectivity index is 3.75. The molecule has 0 radical (unpaired) electrons. The van der Waals surface area contributed by atoms with Crippen LogP contribution in [0.15, 0.2) is 11.6 Å². The molecule has 5 nitrogen and oxygen atoms in total. The fourth-order valence-corrected chi connectivity index (χ4v) is 0.639. The van der Waals surface area contributed by atoms with Crippen LogP contribution in [0.2, 0.25) is 0 Å². The molecule has 0 aromatic rings. The zero-order valence-electron chi connectivity index (χ0n) is 8.37. The fraction of sp³-hybridized carbons (Fsp3) is 0.556. The Bertz CT molecular complexity index is 235. The van der Waals surface area contributed by atoms with Crippen LogP contribution in [0.1, 0.15) is 26.7 Å². The van der Waals surface area contributed by atoms with E-state index >= 15 is 0 Å². The Labute approximate surface area is 82.7 Å². The molecule has 0 aromatic carbocycles. The molecule has 80 valence electrons. The third-order valence-corrected chi connectivity index (χ3v) is 1.48. The average Bonchev–Trinajstić information content (AvgIpc) is 2.12. The van der Waals surface area contributed by atoms with Gasteiger partial charge in [-0.2, -0.15) is 5.48 Å². The van der Waals surface area contributed by atoms with Gasteiger partial charge in [0, 0.05) is 18.2 Å². The van der Waals surface area contributed by atoms with Crippen LogP contribution < -0.4 is 5.48 Å². The molecule has 2 N–H and O–H groups in total. The third kappa shape index (κ3) is 6.19. The van der Waals surface area contributed by atoms with Gasteiger partial charge >= 0.3 is 11.9 Å². The van der Waals surface area contributed by atoms with Crippen LogP contribution in [-0.2, 0) is 14.4 Å². The van der Waals surface area contributed by atoms with Gasteiger partial charge in [-0.15, -0.1) is 0 Å². The Morgan fingerprint density at radius 2 is 2.14 bits per heavy atom. The summed E-state index contributed by atoms with van der Waals surface area (Å²) in [5.41, 5.74) is 2.39. The van der Waals surface area contributed by atoms with Gasteiger partial charge in [-0.3, -0.25) is 0 Å². The van der Waals surface area contributed by atoms with Crippen molar-refractivity contribution in [1.29, 1.82) is 0 Å². The number of hydroxylamine groups is 1. The molecule has 0 aliphatic heterocycles. The Hall–Kier alpha value is -1.36. The summed E-state index contributed by atoms with van der Waals surface area (Å²) in [6.07, 6.45) is 2.82. The van der Waals surface area contributed by atoms with Crippen LogP contribution in [0.4, 0.5) is 0 Å². The van der Waals surface area contributed by atoms with Crippen LogP contribution in [-0.4, -0.2) is 23.6 Å². The molecule has 0 fully saturated rings. The van der Waals surface area contributed by atoms with E-state index in [9.17, 15) is 9.59 Å². The molecular weight excluding hydrogens is 186 g/mol. The highest BCUT2D eigenvalue weighted by atomic mass is 16.7. The minimum Gasteiger partial charge on any atom is -0.478 e. The van der Waals surface area contributed by atoms with E-state index in [1.165, 1.54) is 6.92 Å². The first-order chi connectivity index (χ1) is 6.57. The normalized spacial score (nSPS) is 11.1. The molecule has 0 aliphatic carbocycles. The molecule has 5 heteroatoms. The number of carboxylic acid groups (broad SMARTS) is 1. The van der Waals surface area contributed by atoms with Crippen molar-refractivity contribution < 1.29 is 19.5 Å². The van der Waals surface area contributed by atoms with Gasteiger partial charge < -0.3 is 9.94 Å². The summed E-state index contributed by atoms with van der Waals surface area (Å²) in [6.45, 7) is 3.91. The number of aliphatic carboxylic acids is 1. The van der Waals surface area contributed by atoms with E-state index in [0.29, 0.717) is 6.54 Å². The largest absolute Gasteiger partial charge is 0.478 e. The predicted octanol–water partition coefficient (Wildman–Crippen LogP) is 0.865. The standard InChI is InChI=1S/C9H15NO4/c1-3-4-5-10-14-8(11)6-7(2)9(12)13/h6,10H,3-5H2,1-2H3,(H,12,13)/b7-6-. The maximum Gasteiger partial charge on any atom is 0.349 e. The Morgan fingerprint density at radius 3 is 2.64 bits per heavy atom. The summed E-state index contributed by atoms with van der Waals surface area (Å²) in [5, 5.41) is 8.44. The van der Waals surface area contributed by atoms with E-state index < -0.39 is 11.9 Å². The number of hydrogen-bond donors (Lipinski definition) is 2. The lowest BCUT2D eigenvalue weighted by molar-refractivity contribution is -0.145. The highest BCUT2D eigenvalue weighted by Gasteiger charge is 2.04. The minimum absolute atomic E-state index is 0.0488. The molecule has 0 saturated heterocycles. The molecule has 0 atom stereocenters. The van der Waals surface area contributed by atoms with Crippen LogP contribution in [0.25, 0.3) is 0 Å². The summed E-state index contributed by atoms with van der Waals surface area (Å²) in [6, 6.07) is 0. The number of carbonyl (C=O) groups excluding carboxylic acids is 1. The van der Waals surface area contributed by atoms with Crippen LogP contribution in [0.3, 0.4) is 0 Å². The number of rotatable bonds is 6. The third-order valence-electron chi connectivity index (χ3n) is 1.48. The van der Waals surface area contributed by atoms with Gasteiger partial charge in [0.2, 0.25) is 0 Å². The van der Waals surface area contributed by atoms with E-state index in [4.69, 9.17) is 5.11 Å². The van der Waals surface area contributed by atoms with Crippen molar-refractivity contribution in [1.82, 2.24) is 5.48 Å². The first-order valence-corrected chi connectivity index (χ1v) is 4.43. The SMILES string of the molecule is CCCCNOC(=O)/C=C(/C)C(=O)O. The minimum atomic E-state index is -1.13. The van der Waals surface area contributed by atoms with E-state index in [0.717, 1.165) is 18.9 Å². The molecule has 0 bridgehead atoms. The first-order valence-electron chi connectivity index (χ1n) is 4.43. The first kappa shape index (κ1) is 12.6. The van der Waals surface area contributed by atoms with Gasteiger partial charge in [-0.25, -0.2) is 9.59 Å². The Morgan fingerprint density at radius 1 is 1.50 bits per heavy atom. The molecule has 0 amide bonds. The number of carbonyl (C=O) groups is 2. The monoisotopic (exact) mass is 201 g/mol. The van der Waals surface area contributed by atoms with Crippen molar-refractivity contribution >= 4 is 11.9 Å². The van der Waals surface area contributed by atoms with Crippen molar-refractivity contribution in [3.05, 3.63) is 11.6 Å². The van der Waals surface area contributed by atoms with Crippen LogP contribution in [0.5, 0.6) is 0 Å². The quantitative estimate of drug-likeness (QED) is 0.379. The van der Waals surface area contributed by atoms with Crippen molar-refractivity contribution in [2.45, 2.75) is 26.7 Å². The second-order valence-corrected chi connectivity index (χ2v) is 2.80. The summed E-state index contributed by atoms with van der Waals surface area (Å²) >= 11 is 0. The summed E-state index contributed by atoms with van der Waals surface area (Å²) in [4.78, 5) is 25.7. The molecule has 0 rings (SSSR count). The molecule has 0 unspecified atom stereocenters. The zero-order chi connectivity index (χ0) is 11.0. The average molecular weight is 201 g/mol. The molecule has 0 saturated carbocycles. The van der Waals surface area contributed by atoms with E-state index in [-0.39, 0.29) is 5.57 Å². The summed E-state index contributed by atoms with van der Waals surface area (Å²) in [5.74, 6) is -1.82. The van der Waals surface area contributed by atoms with Gasteiger partial charge in [0.15, 0.2) is 0 Å². The second kappa shape index (κ2) is 7.08. The molecular formula is C9H15NO4. The maximum absolute atomic E-state index is 10.9. The number of carboxylic acids is 1. The smallest absolute Gasteiger partial charge is 0.349 e. The number of unbranched alkanes of at least 4 members (excludes halogenated alkanes) is 1. The highest BCUT2D eigenvalue weighted by Crippen LogP contribution is 1.92. The summed E-state index contributed by atoms with van der Waals surface area (Å²) < 4.78 is 0. The van der Waals surface area contributed by atoms with Crippen molar-refractivity contribution in [2.24, 2.45) is 0 Å². The number of hydrogen-bond acceptors (Lipinski definition) is 4. The lowest BCUT2D eigenvalue weighted by atomic mass is 10.3. The van der Waals surface area contributed by atoms with Crippen LogP contribution in [0, 0.1) is 0 Å². The maximum atomic E-state index is 10.9. The van der Waals surface area contributed by atoms with Gasteiger partial charge in [-0.1, -0.05) is 13.3 Å².